The normalized spacial score (nSPS) is 16.2. The average molecular weight is 377 g/mol. The van der Waals surface area contributed by atoms with E-state index in [2.05, 4.69) is 25.6 Å². The van der Waals surface area contributed by atoms with E-state index in [1.807, 2.05) is 0 Å². The molecule has 1 fully saturated rings. The van der Waals surface area contributed by atoms with Crippen LogP contribution in [-0.2, 0) is 10.0 Å². The number of hydrogen-bond acceptors (Lipinski definition) is 4. The highest BCUT2D eigenvalue weighted by molar-refractivity contribution is 9.10. The molecule has 0 unspecified atom stereocenters. The van der Waals surface area contributed by atoms with Crippen LogP contribution in [0.25, 0.3) is 0 Å². The number of halogens is 1. The van der Waals surface area contributed by atoms with Crippen molar-refractivity contribution in [2.24, 2.45) is 0 Å². The monoisotopic (exact) mass is 376 g/mol. The molecule has 1 aliphatic heterocycles. The summed E-state index contributed by atoms with van der Waals surface area (Å²) in [6.45, 7) is 3.05. The molecule has 0 amide bonds. The Morgan fingerprint density at radius 2 is 2.00 bits per heavy atom. The molecule has 0 radical (unpaired) electrons. The van der Waals surface area contributed by atoms with E-state index in [0.29, 0.717) is 13.1 Å². The maximum atomic E-state index is 12.2. The van der Waals surface area contributed by atoms with Gasteiger partial charge in [-0.1, -0.05) is 0 Å². The molecule has 21 heavy (non-hydrogen) atoms. The predicted molar refractivity (Wildman–Crippen MR) is 82.0 cm³/mol. The summed E-state index contributed by atoms with van der Waals surface area (Å²) in [4.78, 5) is 13.1. The first-order valence-electron chi connectivity index (χ1n) is 6.65. The first-order chi connectivity index (χ1) is 9.90. The molecule has 0 spiro atoms. The molecule has 0 saturated carbocycles. The summed E-state index contributed by atoms with van der Waals surface area (Å²) in [7, 11) is -3.64. The van der Waals surface area contributed by atoms with Gasteiger partial charge in [-0.25, -0.2) is 17.9 Å². The Labute approximate surface area is 132 Å². The Balaban J connectivity index is 2.03. The van der Waals surface area contributed by atoms with Gasteiger partial charge in [-0.2, -0.15) is 0 Å². The van der Waals surface area contributed by atoms with E-state index in [0.717, 1.165) is 25.9 Å². The molecule has 2 rings (SSSR count). The number of sulfonamides is 1. The van der Waals surface area contributed by atoms with Crippen LogP contribution in [0.1, 0.15) is 23.2 Å². The minimum absolute atomic E-state index is 0.0397. The van der Waals surface area contributed by atoms with Gasteiger partial charge in [0.2, 0.25) is 10.0 Å². The highest BCUT2D eigenvalue weighted by atomic mass is 79.9. The molecule has 1 aromatic rings. The van der Waals surface area contributed by atoms with Gasteiger partial charge in [0, 0.05) is 17.6 Å². The van der Waals surface area contributed by atoms with Crippen LogP contribution >= 0.6 is 15.9 Å². The van der Waals surface area contributed by atoms with Crippen LogP contribution in [0.5, 0.6) is 0 Å². The fraction of sp³-hybridized carbons (Fsp3) is 0.462. The second kappa shape index (κ2) is 6.87. The third-order valence-corrected chi connectivity index (χ3v) is 5.82. The van der Waals surface area contributed by atoms with Crippen LogP contribution in [0.15, 0.2) is 27.6 Å². The molecule has 1 aromatic carbocycles. The van der Waals surface area contributed by atoms with E-state index in [-0.39, 0.29) is 14.9 Å². The second-order valence-corrected chi connectivity index (χ2v) is 7.49. The molecule has 0 aliphatic carbocycles. The maximum Gasteiger partial charge on any atom is 0.335 e. The lowest BCUT2D eigenvalue weighted by atomic mass is 10.2. The summed E-state index contributed by atoms with van der Waals surface area (Å²) in [5, 5.41) is 8.87. The smallest absolute Gasteiger partial charge is 0.335 e. The summed E-state index contributed by atoms with van der Waals surface area (Å²) in [5.41, 5.74) is 0.0397. The first-order valence-corrected chi connectivity index (χ1v) is 8.92. The highest BCUT2D eigenvalue weighted by Crippen LogP contribution is 2.23. The molecule has 116 valence electrons. The van der Waals surface area contributed by atoms with E-state index >= 15 is 0 Å². The SMILES string of the molecule is O=C(O)c1ccc(S(=O)(=O)NCCN2CCCC2)c(Br)c1. The van der Waals surface area contributed by atoms with Gasteiger partial charge in [0.1, 0.15) is 0 Å². The van der Waals surface area contributed by atoms with Crippen molar-refractivity contribution in [3.63, 3.8) is 0 Å². The largest absolute Gasteiger partial charge is 0.478 e. The van der Waals surface area contributed by atoms with Crippen molar-refractivity contribution in [3.05, 3.63) is 28.2 Å². The molecule has 0 aromatic heterocycles. The zero-order valence-corrected chi connectivity index (χ0v) is 13.8. The van der Waals surface area contributed by atoms with Crippen LogP contribution in [0.3, 0.4) is 0 Å². The van der Waals surface area contributed by atoms with Crippen molar-refractivity contribution in [3.8, 4) is 0 Å². The van der Waals surface area contributed by atoms with Crippen LogP contribution in [0.2, 0.25) is 0 Å². The van der Waals surface area contributed by atoms with Gasteiger partial charge in [0.05, 0.1) is 10.5 Å². The molecule has 2 N–H and O–H groups in total. The Morgan fingerprint density at radius 3 is 2.57 bits per heavy atom. The number of likely N-dealkylation sites (tertiary alicyclic amines) is 1. The molecule has 1 saturated heterocycles. The van der Waals surface area contributed by atoms with Gasteiger partial charge in [0.25, 0.3) is 0 Å². The molecule has 0 atom stereocenters. The third-order valence-electron chi connectivity index (χ3n) is 3.39. The Morgan fingerprint density at radius 1 is 1.33 bits per heavy atom. The summed E-state index contributed by atoms with van der Waals surface area (Å²) >= 11 is 3.12. The standard InChI is InChI=1S/C13H17BrN2O4S/c14-11-9-10(13(17)18)3-4-12(11)21(19,20)15-5-8-16-6-1-2-7-16/h3-4,9,15H,1-2,5-8H2,(H,17,18). The Bertz CT molecular complexity index is 627. The van der Waals surface area contributed by atoms with Crippen LogP contribution in [0.4, 0.5) is 0 Å². The number of nitrogens with one attached hydrogen (secondary N) is 1. The molecule has 0 bridgehead atoms. The minimum Gasteiger partial charge on any atom is -0.478 e. The first kappa shape index (κ1) is 16.4. The van der Waals surface area contributed by atoms with Gasteiger partial charge in [-0.15, -0.1) is 0 Å². The Kier molecular flexibility index (Phi) is 5.37. The van der Waals surface area contributed by atoms with E-state index in [1.165, 1.54) is 18.2 Å². The molecular weight excluding hydrogens is 360 g/mol. The quantitative estimate of drug-likeness (QED) is 0.785. The van der Waals surface area contributed by atoms with E-state index < -0.39 is 16.0 Å². The lowest BCUT2D eigenvalue weighted by Gasteiger charge is -2.15. The van der Waals surface area contributed by atoms with Gasteiger partial charge in [0.15, 0.2) is 0 Å². The van der Waals surface area contributed by atoms with Crippen molar-refractivity contribution in [2.75, 3.05) is 26.2 Å². The maximum absolute atomic E-state index is 12.2. The van der Waals surface area contributed by atoms with Crippen molar-refractivity contribution in [2.45, 2.75) is 17.7 Å². The summed E-state index contributed by atoms with van der Waals surface area (Å²) < 4.78 is 27.2. The van der Waals surface area contributed by atoms with E-state index in [4.69, 9.17) is 5.11 Å². The third kappa shape index (κ3) is 4.26. The highest BCUT2D eigenvalue weighted by Gasteiger charge is 2.19. The molecule has 1 heterocycles. The lowest BCUT2D eigenvalue weighted by Crippen LogP contribution is -2.33. The number of hydrogen-bond donors (Lipinski definition) is 2. The van der Waals surface area contributed by atoms with Crippen LogP contribution in [0, 0.1) is 0 Å². The molecule has 8 heteroatoms. The van der Waals surface area contributed by atoms with Gasteiger partial charge in [-0.05, 0) is 60.1 Å². The van der Waals surface area contributed by atoms with Crippen LogP contribution < -0.4 is 4.72 Å². The summed E-state index contributed by atoms with van der Waals surface area (Å²) in [6, 6.07) is 3.87. The second-order valence-electron chi connectivity index (χ2n) is 4.90. The number of carbonyl (C=O) groups is 1. The molecule has 1 aliphatic rings. The fourth-order valence-electron chi connectivity index (χ4n) is 2.27. The molecule has 6 nitrogen and oxygen atoms in total. The Hall–Kier alpha value is -0.960. The number of benzene rings is 1. The average Bonchev–Trinajstić information content (AvgIpc) is 2.91. The minimum atomic E-state index is -3.64. The molecular formula is C13H17BrN2O4S. The van der Waals surface area contributed by atoms with E-state index in [9.17, 15) is 13.2 Å². The predicted octanol–water partition coefficient (Wildman–Crippen LogP) is 1.52. The van der Waals surface area contributed by atoms with Crippen molar-refractivity contribution in [1.29, 1.82) is 0 Å². The number of carboxylic acids is 1. The van der Waals surface area contributed by atoms with Gasteiger partial charge in [-0.3, -0.25) is 0 Å². The lowest BCUT2D eigenvalue weighted by molar-refractivity contribution is 0.0696. The van der Waals surface area contributed by atoms with Crippen molar-refractivity contribution in [1.82, 2.24) is 9.62 Å². The van der Waals surface area contributed by atoms with E-state index in [1.54, 1.807) is 0 Å². The topological polar surface area (TPSA) is 86.7 Å². The number of carboxylic acid groups (broad SMARTS) is 1. The number of rotatable bonds is 6. The number of nitrogens with zero attached hydrogens (tertiary/aromatic N) is 1. The summed E-state index contributed by atoms with van der Waals surface area (Å²) in [5.74, 6) is -1.10. The zero-order chi connectivity index (χ0) is 15.5. The zero-order valence-electron chi connectivity index (χ0n) is 11.4. The van der Waals surface area contributed by atoms with Gasteiger partial charge >= 0.3 is 5.97 Å². The number of aromatic carboxylic acids is 1. The van der Waals surface area contributed by atoms with Crippen molar-refractivity contribution < 1.29 is 18.3 Å². The van der Waals surface area contributed by atoms with Gasteiger partial charge < -0.3 is 10.0 Å². The summed E-state index contributed by atoms with van der Waals surface area (Å²) in [6.07, 6.45) is 2.32. The fourth-order valence-corrected chi connectivity index (χ4v) is 4.37. The van der Waals surface area contributed by atoms with Crippen LogP contribution in [-0.4, -0.2) is 50.6 Å². The van der Waals surface area contributed by atoms with Crippen molar-refractivity contribution >= 4 is 31.9 Å².